The molecule has 0 spiro atoms. The van der Waals surface area contributed by atoms with Gasteiger partial charge in [0, 0.05) is 5.54 Å². The number of aromatic nitrogens is 2. The molecule has 17 heavy (non-hydrogen) atoms. The lowest BCUT2D eigenvalue weighted by atomic mass is 10.0. The number of aliphatic carboxylic acids is 1. The van der Waals surface area contributed by atoms with Crippen LogP contribution in [0.2, 0.25) is 5.15 Å². The smallest absolute Gasteiger partial charge is 0.305 e. The molecule has 1 heterocycles. The van der Waals surface area contributed by atoms with Crippen LogP contribution in [0.1, 0.15) is 30.8 Å². The molecule has 0 radical (unpaired) electrons. The Kier molecular flexibility index (Phi) is 4.01. The molecule has 2 N–H and O–H groups in total. The fraction of sp³-hybridized carbons (Fsp3) is 0.400. The summed E-state index contributed by atoms with van der Waals surface area (Å²) in [5, 5.41) is 18.5. The Bertz CT molecular complexity index is 431. The van der Waals surface area contributed by atoms with E-state index in [4.69, 9.17) is 16.7 Å². The Morgan fingerprint density at radius 3 is 2.53 bits per heavy atom. The second-order valence-corrected chi connectivity index (χ2v) is 4.54. The molecule has 0 saturated carbocycles. The van der Waals surface area contributed by atoms with Gasteiger partial charge in [0.1, 0.15) is 0 Å². The van der Waals surface area contributed by atoms with Crippen LogP contribution < -0.4 is 5.32 Å². The van der Waals surface area contributed by atoms with Crippen molar-refractivity contribution < 1.29 is 14.7 Å². The van der Waals surface area contributed by atoms with Crippen LogP contribution in [-0.2, 0) is 4.79 Å². The fourth-order valence-electron chi connectivity index (χ4n) is 1.23. The molecule has 0 aliphatic carbocycles. The third-order valence-electron chi connectivity index (χ3n) is 1.91. The normalized spacial score (nSPS) is 11.0. The third kappa shape index (κ3) is 4.36. The zero-order valence-corrected chi connectivity index (χ0v) is 10.2. The van der Waals surface area contributed by atoms with Crippen LogP contribution in [0.5, 0.6) is 0 Å². The number of carboxylic acid groups (broad SMARTS) is 1. The van der Waals surface area contributed by atoms with Crippen LogP contribution >= 0.6 is 11.6 Å². The van der Waals surface area contributed by atoms with Crippen molar-refractivity contribution in [3.05, 3.63) is 23.0 Å². The van der Waals surface area contributed by atoms with Crippen molar-refractivity contribution in [2.75, 3.05) is 0 Å². The van der Waals surface area contributed by atoms with E-state index in [-0.39, 0.29) is 17.3 Å². The molecule has 0 unspecified atom stereocenters. The summed E-state index contributed by atoms with van der Waals surface area (Å²) in [7, 11) is 0. The van der Waals surface area contributed by atoms with Crippen molar-refractivity contribution >= 4 is 23.5 Å². The van der Waals surface area contributed by atoms with Crippen LogP contribution in [0.4, 0.5) is 0 Å². The predicted octanol–water partition coefficient (Wildman–Crippen LogP) is 1.11. The van der Waals surface area contributed by atoms with Gasteiger partial charge >= 0.3 is 5.97 Å². The number of hydrogen-bond acceptors (Lipinski definition) is 4. The highest BCUT2D eigenvalue weighted by Gasteiger charge is 2.24. The molecule has 1 aromatic heterocycles. The first-order chi connectivity index (χ1) is 7.80. The quantitative estimate of drug-likeness (QED) is 0.843. The molecule has 7 heteroatoms. The van der Waals surface area contributed by atoms with Crippen molar-refractivity contribution in [3.8, 4) is 0 Å². The molecule has 0 fully saturated rings. The maximum Gasteiger partial charge on any atom is 0.305 e. The summed E-state index contributed by atoms with van der Waals surface area (Å²) < 4.78 is 0. The number of carboxylic acids is 1. The van der Waals surface area contributed by atoms with E-state index in [9.17, 15) is 9.59 Å². The van der Waals surface area contributed by atoms with Gasteiger partial charge < -0.3 is 10.4 Å². The van der Waals surface area contributed by atoms with E-state index in [0.717, 1.165) is 0 Å². The summed E-state index contributed by atoms with van der Waals surface area (Å²) in [6.07, 6.45) is -0.181. The van der Waals surface area contributed by atoms with Gasteiger partial charge in [-0.3, -0.25) is 9.59 Å². The van der Waals surface area contributed by atoms with E-state index >= 15 is 0 Å². The van der Waals surface area contributed by atoms with E-state index in [2.05, 4.69) is 15.5 Å². The van der Waals surface area contributed by atoms with Crippen molar-refractivity contribution in [1.29, 1.82) is 0 Å². The number of nitrogens with zero attached hydrogens (tertiary/aromatic N) is 2. The molecule has 1 rings (SSSR count). The number of carbonyl (C=O) groups excluding carboxylic acids is 1. The van der Waals surface area contributed by atoms with E-state index < -0.39 is 17.4 Å². The van der Waals surface area contributed by atoms with Crippen LogP contribution in [0.3, 0.4) is 0 Å². The number of carbonyl (C=O) groups is 2. The third-order valence-corrected chi connectivity index (χ3v) is 2.11. The Hall–Kier alpha value is -1.69. The number of nitrogens with one attached hydrogen (secondary N) is 1. The maximum atomic E-state index is 11.7. The predicted molar refractivity (Wildman–Crippen MR) is 60.8 cm³/mol. The minimum atomic E-state index is -0.988. The van der Waals surface area contributed by atoms with Gasteiger partial charge in [-0.25, -0.2) is 0 Å². The van der Waals surface area contributed by atoms with Crippen LogP contribution in [0.15, 0.2) is 12.1 Å². The molecule has 0 saturated heterocycles. The number of hydrogen-bond donors (Lipinski definition) is 2. The second kappa shape index (κ2) is 5.09. The monoisotopic (exact) mass is 257 g/mol. The van der Waals surface area contributed by atoms with E-state index in [1.54, 1.807) is 13.8 Å². The Labute approximate surface area is 103 Å². The van der Waals surface area contributed by atoms with Crippen molar-refractivity contribution in [2.45, 2.75) is 25.8 Å². The zero-order valence-electron chi connectivity index (χ0n) is 9.40. The Morgan fingerprint density at radius 1 is 1.41 bits per heavy atom. The molecule has 0 bridgehead atoms. The Morgan fingerprint density at radius 2 is 2.06 bits per heavy atom. The largest absolute Gasteiger partial charge is 0.481 e. The highest BCUT2D eigenvalue weighted by atomic mass is 35.5. The average molecular weight is 258 g/mol. The minimum absolute atomic E-state index is 0.0906. The molecule has 0 atom stereocenters. The lowest BCUT2D eigenvalue weighted by Crippen LogP contribution is -2.45. The summed E-state index contributed by atoms with van der Waals surface area (Å²) in [6.45, 7) is 3.23. The van der Waals surface area contributed by atoms with Gasteiger partial charge in [-0.2, -0.15) is 0 Å². The summed E-state index contributed by atoms with van der Waals surface area (Å²) in [5.74, 6) is -1.47. The van der Waals surface area contributed by atoms with Gasteiger partial charge in [-0.05, 0) is 26.0 Å². The fourth-order valence-corrected chi connectivity index (χ4v) is 1.33. The van der Waals surface area contributed by atoms with E-state index in [1.165, 1.54) is 12.1 Å². The van der Waals surface area contributed by atoms with Crippen LogP contribution in [0, 0.1) is 0 Å². The SMILES string of the molecule is CC(C)(CC(=O)O)NC(=O)c1ccc(Cl)nn1. The summed E-state index contributed by atoms with van der Waals surface area (Å²) in [6, 6.07) is 2.86. The number of rotatable bonds is 4. The maximum absolute atomic E-state index is 11.7. The van der Waals surface area contributed by atoms with E-state index in [1.807, 2.05) is 0 Å². The van der Waals surface area contributed by atoms with Gasteiger partial charge in [-0.1, -0.05) is 11.6 Å². The summed E-state index contributed by atoms with van der Waals surface area (Å²) in [5.41, 5.74) is -0.766. The molecular weight excluding hydrogens is 246 g/mol. The standard InChI is InChI=1S/C10H12ClN3O3/c1-10(2,5-8(15)16)12-9(17)6-3-4-7(11)14-13-6/h3-4H,5H2,1-2H3,(H,12,17)(H,15,16). The summed E-state index contributed by atoms with van der Waals surface area (Å²) >= 11 is 5.54. The lowest BCUT2D eigenvalue weighted by molar-refractivity contribution is -0.138. The summed E-state index contributed by atoms with van der Waals surface area (Å²) in [4.78, 5) is 22.3. The highest BCUT2D eigenvalue weighted by molar-refractivity contribution is 6.29. The van der Waals surface area contributed by atoms with Gasteiger partial charge in [0.05, 0.1) is 6.42 Å². The molecule has 0 aliphatic heterocycles. The topological polar surface area (TPSA) is 92.2 Å². The van der Waals surface area contributed by atoms with Crippen LogP contribution in [0.25, 0.3) is 0 Å². The number of amides is 1. The average Bonchev–Trinajstić information content (AvgIpc) is 2.15. The van der Waals surface area contributed by atoms with Gasteiger partial charge in [0.15, 0.2) is 10.8 Å². The molecule has 6 nitrogen and oxygen atoms in total. The minimum Gasteiger partial charge on any atom is -0.481 e. The first-order valence-electron chi connectivity index (χ1n) is 4.84. The highest BCUT2D eigenvalue weighted by Crippen LogP contribution is 2.10. The second-order valence-electron chi connectivity index (χ2n) is 4.15. The molecular formula is C10H12ClN3O3. The van der Waals surface area contributed by atoms with Crippen molar-refractivity contribution in [2.24, 2.45) is 0 Å². The lowest BCUT2D eigenvalue weighted by Gasteiger charge is -2.23. The first kappa shape index (κ1) is 13.4. The van der Waals surface area contributed by atoms with Crippen LogP contribution in [-0.4, -0.2) is 32.7 Å². The van der Waals surface area contributed by atoms with Crippen molar-refractivity contribution in [1.82, 2.24) is 15.5 Å². The van der Waals surface area contributed by atoms with Gasteiger partial charge in [0.2, 0.25) is 0 Å². The van der Waals surface area contributed by atoms with Gasteiger partial charge in [0.25, 0.3) is 5.91 Å². The zero-order chi connectivity index (χ0) is 13.1. The first-order valence-corrected chi connectivity index (χ1v) is 5.21. The molecule has 1 amide bonds. The van der Waals surface area contributed by atoms with Crippen molar-refractivity contribution in [3.63, 3.8) is 0 Å². The van der Waals surface area contributed by atoms with E-state index in [0.29, 0.717) is 0 Å². The molecule has 0 aromatic carbocycles. The molecule has 92 valence electrons. The number of halogens is 1. The molecule has 1 aromatic rings. The Balaban J connectivity index is 2.72. The molecule has 0 aliphatic rings. The van der Waals surface area contributed by atoms with Gasteiger partial charge in [-0.15, -0.1) is 10.2 Å².